The molecule has 0 N–H and O–H groups in total. The first-order valence-electron chi connectivity index (χ1n) is 7.53. The number of aromatic nitrogens is 1. The number of benzene rings is 1. The fraction of sp³-hybridized carbons (Fsp3) is 0.118. The van der Waals surface area contributed by atoms with Crippen LogP contribution in [0.2, 0.25) is 0 Å². The van der Waals surface area contributed by atoms with E-state index in [0.717, 1.165) is 31.2 Å². The summed E-state index contributed by atoms with van der Waals surface area (Å²) >= 11 is 6.56. The Morgan fingerprint density at radius 3 is 2.54 bits per heavy atom. The quantitative estimate of drug-likeness (QED) is 0.522. The number of fused-ring (bicyclic) bond motifs is 2. The highest BCUT2D eigenvalue weighted by Gasteiger charge is 2.54. The molecule has 0 saturated carbocycles. The lowest BCUT2D eigenvalue weighted by Crippen LogP contribution is -2.50. The van der Waals surface area contributed by atoms with Gasteiger partial charge >= 0.3 is 6.97 Å². The molecule has 0 saturated heterocycles. The lowest BCUT2D eigenvalue weighted by Gasteiger charge is -2.32. The third-order valence-electron chi connectivity index (χ3n) is 4.53. The average Bonchev–Trinajstić information content (AvgIpc) is 3.08. The summed E-state index contributed by atoms with van der Waals surface area (Å²) in [5, 5.41) is 0. The summed E-state index contributed by atoms with van der Waals surface area (Å²) in [5.74, 6) is 0. The van der Waals surface area contributed by atoms with E-state index in [0.29, 0.717) is 20.6 Å². The minimum Gasteiger partial charge on any atom is -0.389 e. The van der Waals surface area contributed by atoms with Crippen LogP contribution in [0.3, 0.4) is 0 Å². The zero-order valence-electron chi connectivity index (χ0n) is 13.0. The Morgan fingerprint density at radius 1 is 1.04 bits per heavy atom. The summed E-state index contributed by atoms with van der Waals surface area (Å²) in [6.07, 6.45) is 3.43. The fourth-order valence-electron chi connectivity index (χ4n) is 3.41. The summed E-state index contributed by atoms with van der Waals surface area (Å²) in [7, 11) is 0. The number of rotatable bonds is 1. The Balaban J connectivity index is 2.14. The van der Waals surface area contributed by atoms with Crippen molar-refractivity contribution in [2.45, 2.75) is 13.8 Å². The van der Waals surface area contributed by atoms with Gasteiger partial charge in [0, 0.05) is 33.8 Å². The van der Waals surface area contributed by atoms with Crippen LogP contribution >= 0.6 is 31.9 Å². The monoisotopic (exact) mass is 452 g/mol. The first kappa shape index (κ1) is 16.0. The molecule has 0 unspecified atom stereocenters. The van der Waals surface area contributed by atoms with E-state index >= 15 is 8.63 Å². The highest BCUT2D eigenvalue weighted by atomic mass is 79.9. The van der Waals surface area contributed by atoms with Crippen molar-refractivity contribution >= 4 is 49.0 Å². The Labute approximate surface area is 155 Å². The van der Waals surface area contributed by atoms with Gasteiger partial charge in [-0.05, 0) is 53.0 Å². The van der Waals surface area contributed by atoms with Crippen molar-refractivity contribution in [3.8, 4) is 0 Å². The standard InChI is InChI=1S/C17H13BBr2F2N2/c1-10-3-4-11(2)12(9-10)17-13-5-7-15(19)23(13)18(21,22)24-14(17)6-8-16(24)20/h3-9H,1-2H3. The number of allylic oxidation sites excluding steroid dienone is 2. The number of aryl methyl sites for hydroxylation is 2. The molecule has 0 atom stereocenters. The van der Waals surface area contributed by atoms with E-state index < -0.39 is 6.97 Å². The van der Waals surface area contributed by atoms with Gasteiger partial charge in [0.05, 0.1) is 10.2 Å². The van der Waals surface area contributed by atoms with Crippen LogP contribution in [0.25, 0.3) is 5.57 Å². The highest BCUT2D eigenvalue weighted by Crippen LogP contribution is 2.42. The van der Waals surface area contributed by atoms with Gasteiger partial charge in [-0.15, -0.1) is 0 Å². The first-order valence-corrected chi connectivity index (χ1v) is 9.12. The molecule has 0 radical (unpaired) electrons. The van der Waals surface area contributed by atoms with Crippen molar-refractivity contribution < 1.29 is 13.1 Å². The third kappa shape index (κ3) is 2.07. The van der Waals surface area contributed by atoms with E-state index in [-0.39, 0.29) is 0 Å². The molecule has 1 aromatic carbocycles. The highest BCUT2D eigenvalue weighted by molar-refractivity contribution is 9.18. The summed E-state index contributed by atoms with van der Waals surface area (Å²) in [4.78, 5) is 0. The molecule has 122 valence electrons. The molecule has 7 heteroatoms. The Bertz CT molecular complexity index is 986. The number of halogens is 4. The molecule has 2 nitrogen and oxygen atoms in total. The smallest absolute Gasteiger partial charge is 0.389 e. The molecule has 3 heterocycles. The minimum absolute atomic E-state index is 0.372. The normalized spacial score (nSPS) is 18.2. The van der Waals surface area contributed by atoms with Crippen LogP contribution in [0.5, 0.6) is 0 Å². The second-order valence-electron chi connectivity index (χ2n) is 6.10. The van der Waals surface area contributed by atoms with Crippen LogP contribution < -0.4 is 0 Å². The summed E-state index contributed by atoms with van der Waals surface area (Å²) in [5.41, 5.74) is 5.00. The van der Waals surface area contributed by atoms with Crippen molar-refractivity contribution in [2.24, 2.45) is 0 Å². The van der Waals surface area contributed by atoms with Gasteiger partial charge in [-0.1, -0.05) is 23.8 Å². The molecule has 0 spiro atoms. The van der Waals surface area contributed by atoms with E-state index in [9.17, 15) is 0 Å². The number of hydrogen-bond donors (Lipinski definition) is 0. The van der Waals surface area contributed by atoms with E-state index in [1.807, 2.05) is 26.0 Å². The van der Waals surface area contributed by atoms with Crippen LogP contribution in [0.4, 0.5) is 8.63 Å². The van der Waals surface area contributed by atoms with Crippen molar-refractivity contribution in [1.29, 1.82) is 0 Å². The van der Waals surface area contributed by atoms with Gasteiger partial charge in [0.25, 0.3) is 0 Å². The molecule has 0 aliphatic carbocycles. The zero-order chi connectivity index (χ0) is 17.2. The minimum atomic E-state index is -3.97. The van der Waals surface area contributed by atoms with E-state index in [1.54, 1.807) is 24.3 Å². The van der Waals surface area contributed by atoms with E-state index in [4.69, 9.17) is 0 Å². The third-order valence-corrected chi connectivity index (χ3v) is 5.83. The van der Waals surface area contributed by atoms with Crippen LogP contribution in [-0.2, 0) is 0 Å². The van der Waals surface area contributed by atoms with Gasteiger partial charge in [-0.25, -0.2) is 0 Å². The summed E-state index contributed by atoms with van der Waals surface area (Å²) in [6, 6.07) is 9.54. The lowest BCUT2D eigenvalue weighted by atomic mass is 9.85. The lowest BCUT2D eigenvalue weighted by molar-refractivity contribution is -0.358. The fourth-order valence-corrected chi connectivity index (χ4v) is 4.55. The molecule has 0 amide bonds. The van der Waals surface area contributed by atoms with Gasteiger partial charge in [-0.2, -0.15) is 0 Å². The topological polar surface area (TPSA) is 7.94 Å². The van der Waals surface area contributed by atoms with Crippen molar-refractivity contribution in [3.05, 3.63) is 75.2 Å². The molecule has 4 rings (SSSR count). The van der Waals surface area contributed by atoms with Crippen LogP contribution in [0.1, 0.15) is 22.4 Å². The number of hydrogen-bond acceptors (Lipinski definition) is 0. The second kappa shape index (κ2) is 5.26. The zero-order valence-corrected chi connectivity index (χ0v) is 16.2. The molecule has 0 fully saturated rings. The second-order valence-corrected chi connectivity index (χ2v) is 7.73. The molecular formula is C17H13BBr2F2N2. The van der Waals surface area contributed by atoms with E-state index in [1.165, 1.54) is 0 Å². The van der Waals surface area contributed by atoms with Gasteiger partial charge in [0.1, 0.15) is 0 Å². The molecule has 2 aliphatic heterocycles. The average molecular weight is 454 g/mol. The largest absolute Gasteiger partial charge is 0.738 e. The van der Waals surface area contributed by atoms with Crippen LogP contribution in [0.15, 0.2) is 52.8 Å². The molecule has 2 aliphatic rings. The predicted molar refractivity (Wildman–Crippen MR) is 101 cm³/mol. The Morgan fingerprint density at radius 2 is 1.79 bits per heavy atom. The SMILES string of the molecule is Cc1ccc(C)c(C2=C3C=CC(Br)=[N+]3[B-](F)(F)n3c(Br)ccc32)c1. The van der Waals surface area contributed by atoms with Gasteiger partial charge in [-0.3, -0.25) is 0 Å². The summed E-state index contributed by atoms with van der Waals surface area (Å²) < 4.78 is 33.3. The van der Waals surface area contributed by atoms with Crippen molar-refractivity contribution in [3.63, 3.8) is 0 Å². The van der Waals surface area contributed by atoms with Gasteiger partial charge < -0.3 is 17.6 Å². The maximum Gasteiger partial charge on any atom is 0.738 e. The Kier molecular flexibility index (Phi) is 3.52. The molecule has 1 aromatic heterocycles. The Hall–Kier alpha value is -1.47. The number of nitrogens with zero attached hydrogens (tertiary/aromatic N) is 2. The molecule has 2 aromatic rings. The first-order chi connectivity index (χ1) is 11.3. The van der Waals surface area contributed by atoms with Crippen molar-refractivity contribution in [2.75, 3.05) is 0 Å². The van der Waals surface area contributed by atoms with Crippen LogP contribution in [0, 0.1) is 13.8 Å². The maximum absolute atomic E-state index is 15.2. The van der Waals surface area contributed by atoms with Crippen molar-refractivity contribution in [1.82, 2.24) is 4.48 Å². The van der Waals surface area contributed by atoms with E-state index in [2.05, 4.69) is 37.9 Å². The van der Waals surface area contributed by atoms with Gasteiger partial charge in [0.15, 0.2) is 5.70 Å². The van der Waals surface area contributed by atoms with Crippen LogP contribution in [-0.4, -0.2) is 20.6 Å². The predicted octanol–water partition coefficient (Wildman–Crippen LogP) is 5.24. The molecule has 24 heavy (non-hydrogen) atoms. The molecular weight excluding hydrogens is 441 g/mol. The molecule has 0 bridgehead atoms. The summed E-state index contributed by atoms with van der Waals surface area (Å²) in [6.45, 7) is 0.0477. The maximum atomic E-state index is 15.2. The van der Waals surface area contributed by atoms with Gasteiger partial charge in [0.2, 0.25) is 4.62 Å².